The lowest BCUT2D eigenvalue weighted by Crippen LogP contribution is -2.59. The predicted molar refractivity (Wildman–Crippen MR) is 114 cm³/mol. The first-order chi connectivity index (χ1) is 13.1. The molecule has 0 aliphatic heterocycles. The summed E-state index contributed by atoms with van der Waals surface area (Å²) in [4.78, 5) is 17.4. The molecule has 4 aliphatic carbocycles. The Labute approximate surface area is 177 Å². The van der Waals surface area contributed by atoms with Crippen molar-refractivity contribution in [3.8, 4) is 0 Å². The highest BCUT2D eigenvalue weighted by atomic mass is 35.5. The highest BCUT2D eigenvalue weighted by molar-refractivity contribution is 6.30. The summed E-state index contributed by atoms with van der Waals surface area (Å²) < 4.78 is 0. The number of amides is 1. The lowest BCUT2D eigenvalue weighted by atomic mass is 9.42. The van der Waals surface area contributed by atoms with Gasteiger partial charge in [0.05, 0.1) is 5.41 Å². The molecule has 4 saturated carbocycles. The first-order valence-electron chi connectivity index (χ1n) is 10.0. The van der Waals surface area contributed by atoms with E-state index in [0.29, 0.717) is 18.4 Å². The lowest BCUT2D eigenvalue weighted by Gasteiger charge is -2.61. The summed E-state index contributed by atoms with van der Waals surface area (Å²) in [7, 11) is 0. The molecule has 4 aliphatic rings. The molecule has 4 atom stereocenters. The molecule has 5 heteroatoms. The van der Waals surface area contributed by atoms with Crippen LogP contribution in [0.15, 0.2) is 48.8 Å². The quantitative estimate of drug-likeness (QED) is 0.733. The highest BCUT2D eigenvalue weighted by Crippen LogP contribution is 2.65. The summed E-state index contributed by atoms with van der Waals surface area (Å²) in [6.45, 7) is 0.590. The largest absolute Gasteiger partial charge is 0.352 e. The standard InChI is InChI=1S/C23H25ClN2O.ClH/c24-20-3-1-19(2-4-20)22-10-17-9-18(11-22)13-23(12-17,15-22)21(27)26-14-16-5-7-25-8-6-16;/h1-8,17-18H,9-15H2,(H,26,27);1H/t17-,18?,22?,23?;/m0./s1. The summed E-state index contributed by atoms with van der Waals surface area (Å²) in [5.74, 6) is 1.61. The number of benzene rings is 1. The third-order valence-electron chi connectivity index (χ3n) is 7.20. The van der Waals surface area contributed by atoms with Gasteiger partial charge < -0.3 is 5.32 Å². The second-order valence-corrected chi connectivity index (χ2v) is 9.50. The van der Waals surface area contributed by atoms with Crippen molar-refractivity contribution >= 4 is 29.9 Å². The fourth-order valence-corrected chi connectivity index (χ4v) is 6.67. The van der Waals surface area contributed by atoms with Crippen LogP contribution in [0.5, 0.6) is 0 Å². The average molecular weight is 417 g/mol. The zero-order valence-corrected chi connectivity index (χ0v) is 17.4. The van der Waals surface area contributed by atoms with Crippen molar-refractivity contribution in [3.05, 3.63) is 64.9 Å². The molecular weight excluding hydrogens is 391 g/mol. The number of nitrogens with zero attached hydrogens (tertiary/aromatic N) is 1. The summed E-state index contributed by atoms with van der Waals surface area (Å²) >= 11 is 6.13. The molecule has 1 aromatic heterocycles. The number of hydrogen-bond acceptors (Lipinski definition) is 2. The number of hydrogen-bond donors (Lipinski definition) is 1. The molecule has 2 aromatic rings. The topological polar surface area (TPSA) is 42.0 Å². The maximum absolute atomic E-state index is 13.3. The van der Waals surface area contributed by atoms with Crippen molar-refractivity contribution in [2.45, 2.75) is 50.5 Å². The second-order valence-electron chi connectivity index (χ2n) is 9.07. The van der Waals surface area contributed by atoms with Crippen molar-refractivity contribution in [2.24, 2.45) is 17.3 Å². The van der Waals surface area contributed by atoms with E-state index in [1.54, 1.807) is 12.4 Å². The number of carbonyl (C=O) groups excluding carboxylic acids is 1. The van der Waals surface area contributed by atoms with Gasteiger partial charge in [-0.2, -0.15) is 0 Å². The molecule has 3 unspecified atom stereocenters. The minimum atomic E-state index is -0.198. The van der Waals surface area contributed by atoms with Crippen molar-refractivity contribution in [1.29, 1.82) is 0 Å². The zero-order chi connectivity index (χ0) is 18.5. The van der Waals surface area contributed by atoms with E-state index in [1.165, 1.54) is 24.8 Å². The van der Waals surface area contributed by atoms with Gasteiger partial charge in [-0.25, -0.2) is 0 Å². The van der Waals surface area contributed by atoms with Gasteiger partial charge in [0.1, 0.15) is 0 Å². The van der Waals surface area contributed by atoms with Crippen molar-refractivity contribution < 1.29 is 4.79 Å². The van der Waals surface area contributed by atoms with E-state index >= 15 is 0 Å². The number of rotatable bonds is 4. The summed E-state index contributed by atoms with van der Waals surface area (Å²) in [6, 6.07) is 12.3. The Morgan fingerprint density at radius 1 is 1.04 bits per heavy atom. The predicted octanol–water partition coefficient (Wildman–Crippen LogP) is 5.31. The zero-order valence-electron chi connectivity index (χ0n) is 15.9. The monoisotopic (exact) mass is 416 g/mol. The van der Waals surface area contributed by atoms with Crippen LogP contribution >= 0.6 is 24.0 Å². The van der Waals surface area contributed by atoms with Gasteiger partial charge >= 0.3 is 0 Å². The van der Waals surface area contributed by atoms with Crippen molar-refractivity contribution in [3.63, 3.8) is 0 Å². The van der Waals surface area contributed by atoms with Crippen LogP contribution in [-0.2, 0) is 16.8 Å². The summed E-state index contributed by atoms with van der Waals surface area (Å²) in [5.41, 5.74) is 2.45. The molecule has 3 nitrogen and oxygen atoms in total. The molecule has 0 saturated heterocycles. The maximum Gasteiger partial charge on any atom is 0.226 e. The first kappa shape index (κ1) is 19.7. The molecule has 6 rings (SSSR count). The maximum atomic E-state index is 13.3. The van der Waals surface area contributed by atoms with Gasteiger partial charge in [0.2, 0.25) is 5.91 Å². The van der Waals surface area contributed by atoms with E-state index in [9.17, 15) is 4.79 Å². The average Bonchev–Trinajstić information content (AvgIpc) is 2.66. The minimum Gasteiger partial charge on any atom is -0.352 e. The van der Waals surface area contributed by atoms with Crippen LogP contribution in [-0.4, -0.2) is 10.9 Å². The van der Waals surface area contributed by atoms with Gasteiger partial charge in [-0.05, 0) is 91.2 Å². The molecule has 148 valence electrons. The number of pyridine rings is 1. The Balaban J connectivity index is 0.00000192. The number of carbonyl (C=O) groups is 1. The van der Waals surface area contributed by atoms with E-state index in [2.05, 4.69) is 22.4 Å². The second kappa shape index (κ2) is 7.35. The van der Waals surface area contributed by atoms with Crippen LogP contribution in [0.3, 0.4) is 0 Å². The molecule has 1 amide bonds. The van der Waals surface area contributed by atoms with Crippen LogP contribution in [0, 0.1) is 17.3 Å². The van der Waals surface area contributed by atoms with E-state index in [0.717, 1.165) is 29.8 Å². The molecule has 28 heavy (non-hydrogen) atoms. The summed E-state index contributed by atoms with van der Waals surface area (Å²) in [5, 5.41) is 4.03. The van der Waals surface area contributed by atoms with E-state index in [1.807, 2.05) is 24.3 Å². The van der Waals surface area contributed by atoms with Gasteiger partial charge in [-0.15, -0.1) is 12.4 Å². The van der Waals surface area contributed by atoms with Crippen LogP contribution in [0.2, 0.25) is 5.02 Å². The molecule has 4 fully saturated rings. The molecule has 1 heterocycles. The van der Waals surface area contributed by atoms with Crippen molar-refractivity contribution in [2.75, 3.05) is 0 Å². The Kier molecular flexibility index (Phi) is 5.18. The Hall–Kier alpha value is -1.58. The third kappa shape index (κ3) is 3.33. The Morgan fingerprint density at radius 3 is 2.32 bits per heavy atom. The molecule has 1 N–H and O–H groups in total. The third-order valence-corrected chi connectivity index (χ3v) is 7.45. The summed E-state index contributed by atoms with van der Waals surface area (Å²) in [6.07, 6.45) is 10.4. The Bertz CT molecular complexity index is 839. The van der Waals surface area contributed by atoms with Crippen molar-refractivity contribution in [1.82, 2.24) is 10.3 Å². The molecule has 0 spiro atoms. The molecule has 4 bridgehead atoms. The SMILES string of the molecule is Cl.O=C(NCc1ccncc1)C12CC3C[C@H](C1)CC(c1ccc(Cl)cc1)(C3)C2. The van der Waals surface area contributed by atoms with E-state index in [4.69, 9.17) is 11.6 Å². The van der Waals surface area contributed by atoms with E-state index in [-0.39, 0.29) is 29.1 Å². The van der Waals surface area contributed by atoms with Gasteiger partial charge in [0.15, 0.2) is 0 Å². The van der Waals surface area contributed by atoms with Crippen LogP contribution in [0.4, 0.5) is 0 Å². The van der Waals surface area contributed by atoms with Gasteiger partial charge in [0.25, 0.3) is 0 Å². The van der Waals surface area contributed by atoms with E-state index < -0.39 is 0 Å². The fraction of sp³-hybridized carbons (Fsp3) is 0.478. The number of aromatic nitrogens is 1. The smallest absolute Gasteiger partial charge is 0.226 e. The van der Waals surface area contributed by atoms with Crippen LogP contribution < -0.4 is 5.32 Å². The number of nitrogens with one attached hydrogen (secondary N) is 1. The first-order valence-corrected chi connectivity index (χ1v) is 10.4. The number of halogens is 2. The highest BCUT2D eigenvalue weighted by Gasteiger charge is 2.60. The van der Waals surface area contributed by atoms with Gasteiger partial charge in [-0.3, -0.25) is 9.78 Å². The van der Waals surface area contributed by atoms with Crippen LogP contribution in [0.25, 0.3) is 0 Å². The Morgan fingerprint density at radius 2 is 1.68 bits per heavy atom. The molecule has 0 radical (unpaired) electrons. The van der Waals surface area contributed by atoms with Gasteiger partial charge in [-0.1, -0.05) is 23.7 Å². The fourth-order valence-electron chi connectivity index (χ4n) is 6.54. The van der Waals surface area contributed by atoms with Gasteiger partial charge in [0, 0.05) is 24.0 Å². The lowest BCUT2D eigenvalue weighted by molar-refractivity contribution is -0.149. The molecule has 1 aromatic carbocycles. The normalized spacial score (nSPS) is 32.6. The molecular formula is C23H26Cl2N2O. The minimum absolute atomic E-state index is 0. The van der Waals surface area contributed by atoms with Crippen LogP contribution in [0.1, 0.15) is 49.7 Å².